The Balaban J connectivity index is 1.23. The standard InChI is InChI=1S/C116H130N8O4/c1-107(2,3)72-47-67(48-73(59-72)108(4,5)6)100-82-33-35-84(117-82)101(68-49-74(109(7,8)9)60-75(50-68)110(10,11)12)86-37-41-90(119-86)105(91-42-38-87(120-91)102(85-36-34-83(100)118-85)69-51-76(111(13,14)15)61-77(52-69)112(16,17)18)106-92-43-39-88(121-92)103(70-53-78(113(19,20)21)62-79(54-70)114(22,23)24)96-57-65(31-45-98(125)126)94(123-96)64-95-66(32-46-99(127)128)58-97(124-95)104(89-40-44-93(106)122-89)71-55-80(115(25,26)27)63-81(56-71)116(28,29)30/h31-64,117,120-121,124H,1-30H3,(H,125,126)(H,127,128)/b45-31+,46-32+,94-64?,95-64?,100-82?,100-83?,101-84?,101-86?,102-85?,102-87?,103-88?,103-96?,104-89?,104-97?,105-90?,105-91?,106-92?,106-93?. The quantitative estimate of drug-likeness (QED) is 0.0729. The van der Waals surface area contributed by atoms with E-state index in [2.05, 4.69) is 391 Å². The summed E-state index contributed by atoms with van der Waals surface area (Å²) in [6, 6.07) is 52.3. The van der Waals surface area contributed by atoms with Gasteiger partial charge in [0.25, 0.3) is 0 Å². The lowest BCUT2D eigenvalue weighted by Crippen LogP contribution is -2.16. The van der Waals surface area contributed by atoms with Crippen molar-refractivity contribution in [1.82, 2.24) is 39.9 Å². The highest BCUT2D eigenvalue weighted by Gasteiger charge is 2.33. The van der Waals surface area contributed by atoms with E-state index in [1.807, 2.05) is 18.2 Å². The second-order valence-corrected chi connectivity index (χ2v) is 46.1. The first-order chi connectivity index (χ1) is 59.3. The van der Waals surface area contributed by atoms with Gasteiger partial charge in [-0.1, -0.05) is 299 Å². The van der Waals surface area contributed by atoms with E-state index < -0.39 is 11.9 Å². The van der Waals surface area contributed by atoms with Crippen LogP contribution in [0.25, 0.3) is 165 Å². The molecule has 6 aromatic heterocycles. The minimum Gasteiger partial charge on any atom is -0.478 e. The second-order valence-electron chi connectivity index (χ2n) is 46.1. The van der Waals surface area contributed by atoms with Crippen LogP contribution in [0, 0.1) is 0 Å². The maximum Gasteiger partial charge on any atom is 0.328 e. The summed E-state index contributed by atoms with van der Waals surface area (Å²) < 4.78 is 0. The summed E-state index contributed by atoms with van der Waals surface area (Å²) in [5, 5.41) is 21.1. The number of aliphatic carboxylic acids is 2. The van der Waals surface area contributed by atoms with Gasteiger partial charge >= 0.3 is 11.9 Å². The predicted octanol–water partition coefficient (Wildman–Crippen LogP) is 30.7. The lowest BCUT2D eigenvalue weighted by molar-refractivity contribution is -0.132. The van der Waals surface area contributed by atoms with Crippen LogP contribution in [0.1, 0.15) is 314 Å². The first-order valence-corrected chi connectivity index (χ1v) is 45.3. The van der Waals surface area contributed by atoms with Crippen molar-refractivity contribution >= 4 is 110 Å². The van der Waals surface area contributed by atoms with Crippen LogP contribution in [0.4, 0.5) is 0 Å². The molecule has 16 bridgehead atoms. The molecule has 0 saturated heterocycles. The van der Waals surface area contributed by atoms with Crippen LogP contribution in [-0.4, -0.2) is 62.0 Å². The Bertz CT molecular complexity index is 6770. The number of carboxylic acid groups (broad SMARTS) is 2. The van der Waals surface area contributed by atoms with Crippen molar-refractivity contribution in [2.75, 3.05) is 0 Å². The van der Waals surface area contributed by atoms with Gasteiger partial charge in [-0.2, -0.15) is 0 Å². The van der Waals surface area contributed by atoms with Crippen LogP contribution >= 0.6 is 0 Å². The highest BCUT2D eigenvalue weighted by atomic mass is 16.4. The number of benzene rings is 5. The number of aromatic amines is 4. The molecule has 0 atom stereocenters. The third-order valence-corrected chi connectivity index (χ3v) is 25.5. The molecule has 4 aliphatic heterocycles. The molecule has 0 aliphatic carbocycles. The molecule has 12 heteroatoms. The Labute approximate surface area is 758 Å². The number of carboxylic acids is 2. The van der Waals surface area contributed by atoms with Gasteiger partial charge in [-0.3, -0.25) is 0 Å². The third-order valence-electron chi connectivity index (χ3n) is 25.5. The molecule has 10 heterocycles. The average Bonchev–Trinajstić information content (AvgIpc) is 1.58. The fourth-order valence-electron chi connectivity index (χ4n) is 17.3. The molecule has 0 amide bonds. The van der Waals surface area contributed by atoms with Crippen molar-refractivity contribution < 1.29 is 19.8 Å². The van der Waals surface area contributed by atoms with Gasteiger partial charge in [-0.05, 0) is 241 Å². The van der Waals surface area contributed by atoms with Crippen molar-refractivity contribution in [1.29, 1.82) is 0 Å². The van der Waals surface area contributed by atoms with E-state index in [1.54, 1.807) is 12.2 Å². The van der Waals surface area contributed by atoms with E-state index in [4.69, 9.17) is 19.9 Å². The summed E-state index contributed by atoms with van der Waals surface area (Å²) in [5.74, 6) is -2.25. The Morgan fingerprint density at radius 3 is 0.695 bits per heavy atom. The third kappa shape index (κ3) is 18.5. The average molecular weight is 1700 g/mol. The first kappa shape index (κ1) is 90.5. The number of hydrogen-bond donors (Lipinski definition) is 6. The van der Waals surface area contributed by atoms with Crippen LogP contribution in [0.15, 0.2) is 158 Å². The molecule has 4 aliphatic rings. The smallest absolute Gasteiger partial charge is 0.328 e. The minimum atomic E-state index is -1.12. The lowest BCUT2D eigenvalue weighted by atomic mass is 9.78. The van der Waals surface area contributed by atoms with Gasteiger partial charge in [-0.25, -0.2) is 29.5 Å². The zero-order chi connectivity index (χ0) is 92.9. The Morgan fingerprint density at radius 2 is 0.453 bits per heavy atom. The van der Waals surface area contributed by atoms with Crippen molar-refractivity contribution in [2.24, 2.45) is 0 Å². The van der Waals surface area contributed by atoms with Gasteiger partial charge in [0.1, 0.15) is 0 Å². The van der Waals surface area contributed by atoms with Gasteiger partial charge in [-0.15, -0.1) is 0 Å². The molecule has 0 spiro atoms. The zero-order valence-electron chi connectivity index (χ0n) is 81.1. The molecule has 12 nitrogen and oxygen atoms in total. The summed E-state index contributed by atoms with van der Waals surface area (Å²) in [4.78, 5) is 66.2. The van der Waals surface area contributed by atoms with E-state index in [1.165, 1.54) is 33.4 Å². The highest BCUT2D eigenvalue weighted by Crippen LogP contribution is 2.49. The highest BCUT2D eigenvalue weighted by molar-refractivity contribution is 6.07. The number of allylic oxidation sites excluding steroid dienone is 2. The molecule has 0 unspecified atom stereocenters. The van der Waals surface area contributed by atoms with Gasteiger partial charge in [0.05, 0.1) is 45.6 Å². The summed E-state index contributed by atoms with van der Waals surface area (Å²) in [7, 11) is 0. The summed E-state index contributed by atoms with van der Waals surface area (Å²) in [5.41, 5.74) is 32.4. The molecule has 658 valence electrons. The van der Waals surface area contributed by atoms with Crippen molar-refractivity contribution in [3.63, 3.8) is 0 Å². The van der Waals surface area contributed by atoms with Crippen LogP contribution in [-0.2, 0) is 63.7 Å². The number of aromatic nitrogens is 8. The fourth-order valence-corrected chi connectivity index (χ4v) is 17.3. The maximum absolute atomic E-state index is 12.9. The molecule has 0 fully saturated rings. The minimum absolute atomic E-state index is 0.198. The number of nitrogens with zero attached hydrogens (tertiary/aromatic N) is 4. The lowest BCUT2D eigenvalue weighted by Gasteiger charge is -2.26. The zero-order valence-corrected chi connectivity index (χ0v) is 81.1. The van der Waals surface area contributed by atoms with E-state index in [9.17, 15) is 19.8 Å². The molecule has 6 N–H and O–H groups in total. The van der Waals surface area contributed by atoms with Gasteiger partial charge < -0.3 is 30.1 Å². The molecule has 5 aromatic carbocycles. The van der Waals surface area contributed by atoms with Gasteiger partial charge in [0.15, 0.2) is 0 Å². The van der Waals surface area contributed by atoms with Crippen LogP contribution in [0.5, 0.6) is 0 Å². The SMILES string of the molecule is CC(C)(C)c1cc(-c2c3nc(c(-c4c5nc(c(-c6cc(C(C)(C)C)cc(C(C)(C)C)c6)c6ccc([nH]6)c(-c6cc(C(C)(C)C)cc(C(C)(C)C)c6)c6nc(c(-c7cc(C(C)(C)C)cc(C(C)(C)C)c7)c7ccc4[nH]7)C=C6)C=C5)c4ccc([nH]4)c(-c4cc(C(C)(C)C)cc(C(C)(C)C)c4)c4nc(cc5[nH]c2cc5/C=C/C(=O)O)C(/C=C/C(=O)O)=C4)C=C3)cc(C(C)(C)C)c1. The van der Waals surface area contributed by atoms with E-state index in [0.717, 1.165) is 151 Å². The summed E-state index contributed by atoms with van der Waals surface area (Å²) in [6.07, 6.45) is 20.5. The Hall–Kier alpha value is -12.3. The van der Waals surface area contributed by atoms with E-state index in [0.29, 0.717) is 50.6 Å². The topological polar surface area (TPSA) is 189 Å². The largest absolute Gasteiger partial charge is 0.478 e. The number of fused-ring (bicyclic) bond motifs is 16. The Kier molecular flexibility index (Phi) is 22.5. The molecule has 15 rings (SSSR count). The van der Waals surface area contributed by atoms with E-state index >= 15 is 0 Å². The van der Waals surface area contributed by atoms with Crippen LogP contribution in [0.2, 0.25) is 0 Å². The fraction of sp³-hybridized carbons (Fsp3) is 0.345. The van der Waals surface area contributed by atoms with Crippen LogP contribution in [0.3, 0.4) is 0 Å². The molecular weight excluding hydrogens is 1570 g/mol. The molecule has 128 heavy (non-hydrogen) atoms. The molecular formula is C116H130N8O4. The van der Waals surface area contributed by atoms with Gasteiger partial charge in [0.2, 0.25) is 0 Å². The molecule has 0 radical (unpaired) electrons. The number of carbonyl (C=O) groups is 2. The van der Waals surface area contributed by atoms with Gasteiger partial charge in [0, 0.05) is 106 Å². The van der Waals surface area contributed by atoms with Crippen molar-refractivity contribution in [2.45, 2.75) is 262 Å². The Morgan fingerprint density at radius 1 is 0.242 bits per heavy atom. The number of rotatable bonds is 10. The monoisotopic (exact) mass is 1700 g/mol. The number of nitrogens with one attached hydrogen (secondary N) is 4. The van der Waals surface area contributed by atoms with Crippen molar-refractivity contribution in [3.05, 3.63) is 265 Å². The maximum atomic E-state index is 12.9. The van der Waals surface area contributed by atoms with E-state index in [-0.39, 0.29) is 54.1 Å². The molecule has 0 saturated carbocycles. The van der Waals surface area contributed by atoms with Crippen molar-refractivity contribution in [3.8, 4) is 66.8 Å². The number of hydrogen-bond acceptors (Lipinski definition) is 6. The summed E-state index contributed by atoms with van der Waals surface area (Å²) in [6.45, 7) is 68.2. The second kappa shape index (κ2) is 31.9. The summed E-state index contributed by atoms with van der Waals surface area (Å²) >= 11 is 0. The first-order valence-electron chi connectivity index (χ1n) is 45.3. The van der Waals surface area contributed by atoms with Crippen LogP contribution < -0.4 is 0 Å². The predicted molar refractivity (Wildman–Crippen MR) is 543 cm³/mol. The normalized spacial score (nSPS) is 13.9. The molecule has 11 aromatic rings. The number of H-pyrrole nitrogens is 4.